The normalized spacial score (nSPS) is 16.0. The zero-order valence-corrected chi connectivity index (χ0v) is 18.4. The smallest absolute Gasteiger partial charge is 0.241 e. The third-order valence-electron chi connectivity index (χ3n) is 4.84. The first-order valence-electron chi connectivity index (χ1n) is 9.41. The van der Waals surface area contributed by atoms with E-state index in [2.05, 4.69) is 10.6 Å². The summed E-state index contributed by atoms with van der Waals surface area (Å²) >= 11 is 0. The number of nitrogens with one attached hydrogen (secondary N) is 2. The van der Waals surface area contributed by atoms with Crippen molar-refractivity contribution < 1.29 is 22.7 Å². The number of carbonyl (C=O) groups excluding carboxylic acids is 1. The zero-order valence-electron chi connectivity index (χ0n) is 16.7. The van der Waals surface area contributed by atoms with Crippen LogP contribution in [0.5, 0.6) is 11.5 Å². The summed E-state index contributed by atoms with van der Waals surface area (Å²) in [5.74, 6) is 0.967. The van der Waals surface area contributed by atoms with E-state index in [1.54, 1.807) is 0 Å². The molecule has 1 aliphatic rings. The summed E-state index contributed by atoms with van der Waals surface area (Å²) in [6.07, 6.45) is 2.33. The van der Waals surface area contributed by atoms with Crippen LogP contribution >= 0.6 is 12.4 Å². The zero-order chi connectivity index (χ0) is 19.9. The minimum Gasteiger partial charge on any atom is -0.490 e. The largest absolute Gasteiger partial charge is 0.490 e. The fourth-order valence-corrected chi connectivity index (χ4v) is 4.68. The van der Waals surface area contributed by atoms with Crippen molar-refractivity contribution in [3.05, 3.63) is 23.8 Å². The highest BCUT2D eigenvalue weighted by Crippen LogP contribution is 2.29. The van der Waals surface area contributed by atoms with Crippen molar-refractivity contribution in [1.29, 1.82) is 0 Å². The molecule has 0 aliphatic carbocycles. The Labute approximate surface area is 173 Å². The van der Waals surface area contributed by atoms with E-state index in [9.17, 15) is 13.2 Å². The van der Waals surface area contributed by atoms with Gasteiger partial charge in [0, 0.05) is 12.8 Å². The highest BCUT2D eigenvalue weighted by Gasteiger charge is 2.48. The standard InChI is InChI=1S/C19H30N2O5S.ClH/c1-4-25-16-7-6-15(14-17(16)26-5-2)8-11-21-18(22)19(27(3,23)24)9-12-20-13-10-19;/h6-7,14,20H,4-5,8-13H2,1-3H3,(H,21,22);1H. The third kappa shape index (κ3) is 5.75. The Balaban J connectivity index is 0.00000392. The number of amides is 1. The van der Waals surface area contributed by atoms with Gasteiger partial charge in [-0.1, -0.05) is 6.07 Å². The number of benzene rings is 1. The third-order valence-corrected chi connectivity index (χ3v) is 6.86. The second kappa shape index (κ2) is 10.9. The molecule has 0 aromatic heterocycles. The van der Waals surface area contributed by atoms with Crippen LogP contribution in [-0.2, 0) is 21.1 Å². The molecule has 0 radical (unpaired) electrons. The Kier molecular flexibility index (Phi) is 9.53. The summed E-state index contributed by atoms with van der Waals surface area (Å²) < 4.78 is 34.4. The van der Waals surface area contributed by atoms with Crippen molar-refractivity contribution >= 4 is 28.2 Å². The number of rotatable bonds is 9. The Bertz CT molecular complexity index is 749. The molecule has 2 rings (SSSR count). The lowest BCUT2D eigenvalue weighted by Crippen LogP contribution is -2.57. The topological polar surface area (TPSA) is 93.7 Å². The van der Waals surface area contributed by atoms with Crippen molar-refractivity contribution in [3.63, 3.8) is 0 Å². The van der Waals surface area contributed by atoms with Crippen LogP contribution < -0.4 is 20.1 Å². The summed E-state index contributed by atoms with van der Waals surface area (Å²) in [7, 11) is -3.50. The Hall–Kier alpha value is -1.51. The first-order chi connectivity index (χ1) is 12.8. The lowest BCUT2D eigenvalue weighted by atomic mass is 9.95. The van der Waals surface area contributed by atoms with Crippen LogP contribution in [0.4, 0.5) is 0 Å². The molecule has 0 spiro atoms. The van der Waals surface area contributed by atoms with Gasteiger partial charge in [-0.3, -0.25) is 4.79 Å². The number of carbonyl (C=O) groups is 1. The van der Waals surface area contributed by atoms with Crippen LogP contribution in [0.2, 0.25) is 0 Å². The SMILES string of the molecule is CCOc1ccc(CCNC(=O)C2(S(C)(=O)=O)CCNCC2)cc1OCC.Cl. The summed E-state index contributed by atoms with van der Waals surface area (Å²) in [6, 6.07) is 5.69. The average Bonchev–Trinajstić information content (AvgIpc) is 2.63. The van der Waals surface area contributed by atoms with Gasteiger partial charge in [0.05, 0.1) is 13.2 Å². The molecule has 0 bridgehead atoms. The fourth-order valence-electron chi connectivity index (χ4n) is 3.33. The molecule has 9 heteroatoms. The average molecular weight is 435 g/mol. The molecule has 2 N–H and O–H groups in total. The first-order valence-corrected chi connectivity index (χ1v) is 11.3. The van der Waals surface area contributed by atoms with Gasteiger partial charge in [0.2, 0.25) is 5.91 Å². The molecule has 1 fully saturated rings. The van der Waals surface area contributed by atoms with Crippen molar-refractivity contribution in [2.75, 3.05) is 39.1 Å². The Morgan fingerprint density at radius 1 is 1.14 bits per heavy atom. The molecule has 1 saturated heterocycles. The van der Waals surface area contributed by atoms with Crippen LogP contribution in [0.3, 0.4) is 0 Å². The minimum atomic E-state index is -3.50. The molecule has 0 unspecified atom stereocenters. The first kappa shape index (κ1) is 24.5. The predicted molar refractivity (Wildman–Crippen MR) is 112 cm³/mol. The maximum atomic E-state index is 12.7. The van der Waals surface area contributed by atoms with Gasteiger partial charge >= 0.3 is 0 Å². The molecular formula is C19H31ClN2O5S. The van der Waals surface area contributed by atoms with Gasteiger partial charge < -0.3 is 20.1 Å². The van der Waals surface area contributed by atoms with Crippen LogP contribution in [0.25, 0.3) is 0 Å². The maximum absolute atomic E-state index is 12.7. The molecule has 7 nitrogen and oxygen atoms in total. The summed E-state index contributed by atoms with van der Waals surface area (Å²) in [5, 5.41) is 5.93. The van der Waals surface area contributed by atoms with Crippen molar-refractivity contribution in [2.45, 2.75) is 37.9 Å². The molecule has 0 atom stereocenters. The number of piperidine rings is 1. The second-order valence-electron chi connectivity index (χ2n) is 6.67. The van der Waals surface area contributed by atoms with E-state index in [-0.39, 0.29) is 12.4 Å². The molecule has 1 heterocycles. The van der Waals surface area contributed by atoms with Gasteiger partial charge in [-0.25, -0.2) is 8.42 Å². The van der Waals surface area contributed by atoms with Crippen molar-refractivity contribution in [2.24, 2.45) is 0 Å². The monoisotopic (exact) mass is 434 g/mol. The van der Waals surface area contributed by atoms with E-state index in [1.165, 1.54) is 0 Å². The Morgan fingerprint density at radius 2 is 1.75 bits per heavy atom. The summed E-state index contributed by atoms with van der Waals surface area (Å²) in [5.41, 5.74) is 0.987. The van der Waals surface area contributed by atoms with Gasteiger partial charge in [0.25, 0.3) is 0 Å². The molecule has 1 aromatic carbocycles. The molecule has 1 aliphatic heterocycles. The number of sulfone groups is 1. The van der Waals surface area contributed by atoms with E-state index in [4.69, 9.17) is 9.47 Å². The molecular weight excluding hydrogens is 404 g/mol. The highest BCUT2D eigenvalue weighted by molar-refractivity contribution is 7.92. The van der Waals surface area contributed by atoms with Gasteiger partial charge in [-0.15, -0.1) is 12.4 Å². The quantitative estimate of drug-likeness (QED) is 0.614. The van der Waals surface area contributed by atoms with E-state index < -0.39 is 20.5 Å². The van der Waals surface area contributed by atoms with Gasteiger partial charge in [-0.05, 0) is 63.9 Å². The summed E-state index contributed by atoms with van der Waals surface area (Å²) in [6.45, 7) is 6.32. The predicted octanol–water partition coefficient (Wildman–Crippen LogP) is 1.73. The number of hydrogen-bond donors (Lipinski definition) is 2. The molecule has 0 saturated carbocycles. The van der Waals surface area contributed by atoms with Gasteiger partial charge in [0.1, 0.15) is 0 Å². The Morgan fingerprint density at radius 3 is 2.32 bits per heavy atom. The molecule has 1 amide bonds. The molecule has 1 aromatic rings. The van der Waals surface area contributed by atoms with Crippen LogP contribution in [0.1, 0.15) is 32.3 Å². The number of halogens is 1. The molecule has 28 heavy (non-hydrogen) atoms. The minimum absolute atomic E-state index is 0. The number of ether oxygens (including phenoxy) is 2. The van der Waals surface area contributed by atoms with Crippen LogP contribution in [0.15, 0.2) is 18.2 Å². The highest BCUT2D eigenvalue weighted by atomic mass is 35.5. The van der Waals surface area contributed by atoms with E-state index in [1.807, 2.05) is 32.0 Å². The molecule has 160 valence electrons. The van der Waals surface area contributed by atoms with E-state index >= 15 is 0 Å². The summed E-state index contributed by atoms with van der Waals surface area (Å²) in [4.78, 5) is 12.7. The lowest BCUT2D eigenvalue weighted by Gasteiger charge is -2.34. The maximum Gasteiger partial charge on any atom is 0.241 e. The van der Waals surface area contributed by atoms with Crippen molar-refractivity contribution in [1.82, 2.24) is 10.6 Å². The second-order valence-corrected chi connectivity index (χ2v) is 9.00. The number of hydrogen-bond acceptors (Lipinski definition) is 6. The van der Waals surface area contributed by atoms with Crippen LogP contribution in [0, 0.1) is 0 Å². The lowest BCUT2D eigenvalue weighted by molar-refractivity contribution is -0.124. The van der Waals surface area contributed by atoms with Crippen molar-refractivity contribution in [3.8, 4) is 11.5 Å². The van der Waals surface area contributed by atoms with Gasteiger partial charge in [0.15, 0.2) is 26.1 Å². The van der Waals surface area contributed by atoms with Crippen LogP contribution in [-0.4, -0.2) is 58.2 Å². The van der Waals surface area contributed by atoms with E-state index in [0.717, 1.165) is 11.8 Å². The van der Waals surface area contributed by atoms with Gasteiger partial charge in [-0.2, -0.15) is 0 Å². The van der Waals surface area contributed by atoms with E-state index in [0.29, 0.717) is 63.6 Å². The fraction of sp³-hybridized carbons (Fsp3) is 0.632.